The Kier molecular flexibility index (Phi) is 6.49. The van der Waals surface area contributed by atoms with Crippen molar-refractivity contribution in [1.29, 1.82) is 0 Å². The Morgan fingerprint density at radius 2 is 1.88 bits per heavy atom. The Bertz CT molecular complexity index is 823. The number of hydrogen-bond donors (Lipinski definition) is 2. The minimum Gasteiger partial charge on any atom is -0.492 e. The van der Waals surface area contributed by atoms with Crippen LogP contribution in [0.5, 0.6) is 5.75 Å². The fourth-order valence-electron chi connectivity index (χ4n) is 2.19. The van der Waals surface area contributed by atoms with Crippen molar-refractivity contribution in [2.45, 2.75) is 25.3 Å². The Morgan fingerprint density at radius 1 is 1.16 bits per heavy atom. The third-order valence-corrected chi connectivity index (χ3v) is 4.90. The third-order valence-electron chi connectivity index (χ3n) is 3.33. The summed E-state index contributed by atoms with van der Waals surface area (Å²) in [6.07, 6.45) is 3.28. The Morgan fingerprint density at radius 3 is 2.52 bits per heavy atom. The predicted octanol–water partition coefficient (Wildman–Crippen LogP) is 1.71. The van der Waals surface area contributed by atoms with Crippen LogP contribution in [0.25, 0.3) is 0 Å². The fraction of sp³-hybridized carbons (Fsp3) is 0.294. The maximum absolute atomic E-state index is 12.4. The molecule has 0 fully saturated rings. The van der Waals surface area contributed by atoms with E-state index in [1.165, 1.54) is 18.2 Å². The smallest absolute Gasteiger partial charge is 0.251 e. The van der Waals surface area contributed by atoms with Crippen LogP contribution in [-0.2, 0) is 16.6 Å². The molecule has 0 unspecified atom stereocenters. The number of carbonyl (C=O) groups is 1. The number of aromatic nitrogens is 1. The molecule has 2 rings (SSSR count). The standard InChI is InChI=1S/C17H21N3O4S/c1-3-20-25(22,23)16-11-14(5-6-15(16)24-4-2)17(21)19-12-13-7-9-18-10-8-13/h5-11,20H,3-4,12H2,1-2H3,(H,19,21). The van der Waals surface area contributed by atoms with Gasteiger partial charge in [-0.05, 0) is 42.8 Å². The van der Waals surface area contributed by atoms with Crippen LogP contribution < -0.4 is 14.8 Å². The quantitative estimate of drug-likeness (QED) is 0.744. The molecule has 0 aliphatic rings. The molecule has 0 saturated heterocycles. The van der Waals surface area contributed by atoms with Crippen LogP contribution >= 0.6 is 0 Å². The maximum atomic E-state index is 12.4. The van der Waals surface area contributed by atoms with Crippen LogP contribution in [0, 0.1) is 0 Å². The lowest BCUT2D eigenvalue weighted by atomic mass is 10.2. The molecular weight excluding hydrogens is 342 g/mol. The van der Waals surface area contributed by atoms with Gasteiger partial charge in [-0.15, -0.1) is 0 Å². The van der Waals surface area contributed by atoms with Crippen molar-refractivity contribution in [3.05, 3.63) is 53.9 Å². The molecule has 134 valence electrons. The van der Waals surface area contributed by atoms with E-state index in [4.69, 9.17) is 4.74 Å². The van der Waals surface area contributed by atoms with Crippen molar-refractivity contribution < 1.29 is 17.9 Å². The highest BCUT2D eigenvalue weighted by molar-refractivity contribution is 7.89. The first kappa shape index (κ1) is 18.9. The number of sulfonamides is 1. The van der Waals surface area contributed by atoms with Gasteiger partial charge in [0.25, 0.3) is 5.91 Å². The van der Waals surface area contributed by atoms with Gasteiger partial charge in [0.1, 0.15) is 10.6 Å². The topological polar surface area (TPSA) is 97.4 Å². The zero-order valence-electron chi connectivity index (χ0n) is 14.2. The molecule has 25 heavy (non-hydrogen) atoms. The van der Waals surface area contributed by atoms with Crippen LogP contribution in [0.2, 0.25) is 0 Å². The summed E-state index contributed by atoms with van der Waals surface area (Å²) in [5.74, 6) is -0.151. The van der Waals surface area contributed by atoms with Gasteiger partial charge in [-0.2, -0.15) is 0 Å². The molecule has 0 spiro atoms. The van der Waals surface area contributed by atoms with Gasteiger partial charge >= 0.3 is 0 Å². The zero-order valence-corrected chi connectivity index (χ0v) is 15.0. The van der Waals surface area contributed by atoms with E-state index in [-0.39, 0.29) is 28.7 Å². The summed E-state index contributed by atoms with van der Waals surface area (Å²) in [5, 5.41) is 2.75. The van der Waals surface area contributed by atoms with E-state index in [0.29, 0.717) is 13.2 Å². The second kappa shape index (κ2) is 8.59. The summed E-state index contributed by atoms with van der Waals surface area (Å²) in [4.78, 5) is 16.2. The number of pyridine rings is 1. The number of amides is 1. The van der Waals surface area contributed by atoms with Gasteiger partial charge in [-0.1, -0.05) is 6.92 Å². The zero-order chi connectivity index (χ0) is 18.3. The molecular formula is C17H21N3O4S. The van der Waals surface area contributed by atoms with Crippen LogP contribution in [0.4, 0.5) is 0 Å². The fourth-order valence-corrected chi connectivity index (χ4v) is 3.40. The number of nitrogens with zero attached hydrogens (tertiary/aromatic N) is 1. The maximum Gasteiger partial charge on any atom is 0.251 e. The van der Waals surface area contributed by atoms with Crippen LogP contribution in [0.3, 0.4) is 0 Å². The van der Waals surface area contributed by atoms with Crippen molar-refractivity contribution in [3.63, 3.8) is 0 Å². The summed E-state index contributed by atoms with van der Waals surface area (Å²) >= 11 is 0. The van der Waals surface area contributed by atoms with Gasteiger partial charge < -0.3 is 10.1 Å². The van der Waals surface area contributed by atoms with E-state index in [1.807, 2.05) is 0 Å². The van der Waals surface area contributed by atoms with Crippen LogP contribution in [0.15, 0.2) is 47.6 Å². The molecule has 0 bridgehead atoms. The number of ether oxygens (including phenoxy) is 1. The lowest BCUT2D eigenvalue weighted by Gasteiger charge is -2.13. The first-order valence-electron chi connectivity index (χ1n) is 7.91. The van der Waals surface area contributed by atoms with Crippen LogP contribution in [0.1, 0.15) is 29.8 Å². The Hall–Kier alpha value is -2.45. The lowest BCUT2D eigenvalue weighted by Crippen LogP contribution is -2.26. The molecule has 1 heterocycles. The molecule has 0 aliphatic heterocycles. The second-order valence-electron chi connectivity index (χ2n) is 5.13. The van der Waals surface area contributed by atoms with E-state index < -0.39 is 10.0 Å². The molecule has 0 saturated carbocycles. The van der Waals surface area contributed by atoms with Crippen molar-refractivity contribution in [1.82, 2.24) is 15.0 Å². The average Bonchev–Trinajstić information content (AvgIpc) is 2.61. The van der Waals surface area contributed by atoms with E-state index in [1.54, 1.807) is 38.4 Å². The number of rotatable bonds is 8. The SMILES string of the molecule is CCNS(=O)(=O)c1cc(C(=O)NCc2ccncc2)ccc1OCC. The molecule has 2 aromatic rings. The normalized spacial score (nSPS) is 11.1. The number of carbonyl (C=O) groups excluding carboxylic acids is 1. The van der Waals surface area contributed by atoms with Crippen molar-refractivity contribution in [2.75, 3.05) is 13.2 Å². The van der Waals surface area contributed by atoms with Gasteiger partial charge in [-0.3, -0.25) is 9.78 Å². The van der Waals surface area contributed by atoms with Gasteiger partial charge in [0.05, 0.1) is 6.61 Å². The first-order chi connectivity index (χ1) is 12.0. The molecule has 7 nitrogen and oxygen atoms in total. The Balaban J connectivity index is 2.24. The molecule has 0 radical (unpaired) electrons. The largest absolute Gasteiger partial charge is 0.492 e. The second-order valence-corrected chi connectivity index (χ2v) is 6.87. The van der Waals surface area contributed by atoms with Crippen molar-refractivity contribution in [3.8, 4) is 5.75 Å². The summed E-state index contributed by atoms with van der Waals surface area (Å²) in [5.41, 5.74) is 1.14. The van der Waals surface area contributed by atoms with E-state index in [9.17, 15) is 13.2 Å². The molecule has 0 atom stereocenters. The molecule has 1 aromatic carbocycles. The van der Waals surface area contributed by atoms with Crippen molar-refractivity contribution >= 4 is 15.9 Å². The highest BCUT2D eigenvalue weighted by atomic mass is 32.2. The highest BCUT2D eigenvalue weighted by Gasteiger charge is 2.21. The Labute approximate surface area is 147 Å². The average molecular weight is 363 g/mol. The number of hydrogen-bond acceptors (Lipinski definition) is 5. The van der Waals surface area contributed by atoms with Gasteiger partial charge in [0.2, 0.25) is 10.0 Å². The number of nitrogens with one attached hydrogen (secondary N) is 2. The summed E-state index contributed by atoms with van der Waals surface area (Å²) in [6.45, 7) is 4.33. The van der Waals surface area contributed by atoms with E-state index in [2.05, 4.69) is 15.0 Å². The highest BCUT2D eigenvalue weighted by Crippen LogP contribution is 2.25. The molecule has 1 aromatic heterocycles. The van der Waals surface area contributed by atoms with E-state index in [0.717, 1.165) is 5.56 Å². The van der Waals surface area contributed by atoms with Gasteiger partial charge in [0, 0.05) is 31.0 Å². The predicted molar refractivity (Wildman–Crippen MR) is 93.9 cm³/mol. The molecule has 8 heteroatoms. The van der Waals surface area contributed by atoms with Crippen LogP contribution in [-0.4, -0.2) is 32.5 Å². The monoisotopic (exact) mass is 363 g/mol. The van der Waals surface area contributed by atoms with Gasteiger partial charge in [0.15, 0.2) is 0 Å². The minimum absolute atomic E-state index is 0.0484. The van der Waals surface area contributed by atoms with Gasteiger partial charge in [-0.25, -0.2) is 13.1 Å². The minimum atomic E-state index is -3.75. The van der Waals surface area contributed by atoms with Crippen molar-refractivity contribution in [2.24, 2.45) is 0 Å². The summed E-state index contributed by atoms with van der Waals surface area (Å²) in [6, 6.07) is 7.94. The van der Waals surface area contributed by atoms with E-state index >= 15 is 0 Å². The molecule has 1 amide bonds. The first-order valence-corrected chi connectivity index (χ1v) is 9.39. The summed E-state index contributed by atoms with van der Waals surface area (Å²) < 4.78 is 32.5. The molecule has 2 N–H and O–H groups in total. The molecule has 0 aliphatic carbocycles. The lowest BCUT2D eigenvalue weighted by molar-refractivity contribution is 0.0950. The number of benzene rings is 1. The summed E-state index contributed by atoms with van der Waals surface area (Å²) in [7, 11) is -3.75. The third kappa shape index (κ3) is 5.01.